The van der Waals surface area contributed by atoms with Gasteiger partial charge in [0.05, 0.1) is 7.11 Å². The lowest BCUT2D eigenvalue weighted by atomic mass is 10.1. The number of ether oxygens (including phenoxy) is 1. The lowest BCUT2D eigenvalue weighted by Gasteiger charge is -2.04. The standard InChI is InChI=1S/C14H14N2O3/c1-9(17)16-12-5-3-4-10(6-12)11-7-13(15-8-11)14(18)19-2/h3-8,15H,1-2H3,(H,16,17). The molecule has 98 valence electrons. The Balaban J connectivity index is 2.28. The van der Waals surface area contributed by atoms with Crippen molar-refractivity contribution in [2.24, 2.45) is 0 Å². The Kier molecular flexibility index (Phi) is 3.66. The van der Waals surface area contributed by atoms with E-state index in [9.17, 15) is 9.59 Å². The predicted octanol–water partition coefficient (Wildman–Crippen LogP) is 2.43. The third kappa shape index (κ3) is 3.01. The normalized spacial score (nSPS) is 10.0. The highest BCUT2D eigenvalue weighted by atomic mass is 16.5. The highest BCUT2D eigenvalue weighted by Gasteiger charge is 2.09. The molecule has 2 rings (SSSR count). The first-order valence-electron chi connectivity index (χ1n) is 5.75. The number of aromatic amines is 1. The van der Waals surface area contributed by atoms with E-state index in [1.165, 1.54) is 14.0 Å². The van der Waals surface area contributed by atoms with Crippen LogP contribution in [0.3, 0.4) is 0 Å². The maximum absolute atomic E-state index is 11.4. The number of hydrogen-bond donors (Lipinski definition) is 2. The summed E-state index contributed by atoms with van der Waals surface area (Å²) in [4.78, 5) is 25.2. The molecule has 0 aliphatic carbocycles. The van der Waals surface area contributed by atoms with Gasteiger partial charge < -0.3 is 15.0 Å². The van der Waals surface area contributed by atoms with E-state index in [1.54, 1.807) is 18.3 Å². The Morgan fingerprint density at radius 2 is 2.00 bits per heavy atom. The van der Waals surface area contributed by atoms with Crippen molar-refractivity contribution >= 4 is 17.6 Å². The van der Waals surface area contributed by atoms with Gasteiger partial charge in [-0.25, -0.2) is 4.79 Å². The van der Waals surface area contributed by atoms with Crippen LogP contribution < -0.4 is 5.32 Å². The fourth-order valence-electron chi connectivity index (χ4n) is 1.77. The SMILES string of the molecule is COC(=O)c1cc(-c2cccc(NC(C)=O)c2)c[nH]1. The van der Waals surface area contributed by atoms with Gasteiger partial charge in [-0.05, 0) is 23.8 Å². The summed E-state index contributed by atoms with van der Waals surface area (Å²) in [6.45, 7) is 1.46. The van der Waals surface area contributed by atoms with E-state index in [-0.39, 0.29) is 5.91 Å². The van der Waals surface area contributed by atoms with Crippen molar-refractivity contribution in [3.05, 3.63) is 42.2 Å². The summed E-state index contributed by atoms with van der Waals surface area (Å²) in [6.07, 6.45) is 1.72. The average molecular weight is 258 g/mol. The number of amides is 1. The quantitative estimate of drug-likeness (QED) is 0.830. The van der Waals surface area contributed by atoms with E-state index in [4.69, 9.17) is 0 Å². The first kappa shape index (κ1) is 12.9. The predicted molar refractivity (Wildman–Crippen MR) is 71.9 cm³/mol. The number of esters is 1. The number of methoxy groups -OCH3 is 1. The minimum absolute atomic E-state index is 0.124. The van der Waals surface area contributed by atoms with E-state index in [2.05, 4.69) is 15.0 Å². The first-order valence-corrected chi connectivity index (χ1v) is 5.75. The van der Waals surface area contributed by atoms with Crippen LogP contribution in [0.1, 0.15) is 17.4 Å². The smallest absolute Gasteiger partial charge is 0.354 e. The molecule has 5 heteroatoms. The van der Waals surface area contributed by atoms with Crippen molar-refractivity contribution in [1.82, 2.24) is 4.98 Å². The van der Waals surface area contributed by atoms with Crippen LogP contribution in [0.25, 0.3) is 11.1 Å². The molecule has 19 heavy (non-hydrogen) atoms. The van der Waals surface area contributed by atoms with Crippen LogP contribution in [0.5, 0.6) is 0 Å². The molecule has 0 saturated heterocycles. The Morgan fingerprint density at radius 3 is 2.68 bits per heavy atom. The number of nitrogens with one attached hydrogen (secondary N) is 2. The molecule has 1 aromatic carbocycles. The average Bonchev–Trinajstić information content (AvgIpc) is 2.87. The second-order valence-corrected chi connectivity index (χ2v) is 4.06. The fourth-order valence-corrected chi connectivity index (χ4v) is 1.77. The summed E-state index contributed by atoms with van der Waals surface area (Å²) < 4.78 is 4.63. The Hall–Kier alpha value is -2.56. The minimum atomic E-state index is -0.413. The fraction of sp³-hybridized carbons (Fsp3) is 0.143. The van der Waals surface area contributed by atoms with Crippen molar-refractivity contribution in [1.29, 1.82) is 0 Å². The minimum Gasteiger partial charge on any atom is -0.464 e. The molecular formula is C14H14N2O3. The Labute approximate surface area is 110 Å². The molecule has 0 aliphatic rings. The van der Waals surface area contributed by atoms with Gasteiger partial charge >= 0.3 is 5.97 Å². The summed E-state index contributed by atoms with van der Waals surface area (Å²) in [5, 5.41) is 2.71. The zero-order valence-corrected chi connectivity index (χ0v) is 10.7. The van der Waals surface area contributed by atoms with E-state index in [0.29, 0.717) is 11.4 Å². The largest absolute Gasteiger partial charge is 0.464 e. The van der Waals surface area contributed by atoms with Crippen LogP contribution in [0.2, 0.25) is 0 Å². The number of H-pyrrole nitrogens is 1. The number of carbonyl (C=O) groups excluding carboxylic acids is 2. The van der Waals surface area contributed by atoms with Crippen LogP contribution in [0, 0.1) is 0 Å². The van der Waals surface area contributed by atoms with Gasteiger partial charge in [0, 0.05) is 24.4 Å². The molecular weight excluding hydrogens is 244 g/mol. The molecule has 1 aromatic heterocycles. The van der Waals surface area contributed by atoms with E-state index < -0.39 is 5.97 Å². The summed E-state index contributed by atoms with van der Waals surface area (Å²) in [5.74, 6) is -0.536. The number of carbonyl (C=O) groups is 2. The molecule has 0 aliphatic heterocycles. The zero-order chi connectivity index (χ0) is 13.8. The van der Waals surface area contributed by atoms with Gasteiger partial charge in [0.25, 0.3) is 0 Å². The molecule has 0 saturated carbocycles. The molecule has 5 nitrogen and oxygen atoms in total. The maximum Gasteiger partial charge on any atom is 0.354 e. The first-order chi connectivity index (χ1) is 9.10. The second-order valence-electron chi connectivity index (χ2n) is 4.06. The Morgan fingerprint density at radius 1 is 1.21 bits per heavy atom. The molecule has 2 aromatic rings. The number of benzene rings is 1. The van der Waals surface area contributed by atoms with Crippen molar-refractivity contribution in [3.8, 4) is 11.1 Å². The lowest BCUT2D eigenvalue weighted by Crippen LogP contribution is -2.05. The molecule has 2 N–H and O–H groups in total. The molecule has 0 fully saturated rings. The van der Waals surface area contributed by atoms with E-state index in [1.807, 2.05) is 18.2 Å². The van der Waals surface area contributed by atoms with Crippen LogP contribution >= 0.6 is 0 Å². The van der Waals surface area contributed by atoms with Gasteiger partial charge in [-0.15, -0.1) is 0 Å². The highest BCUT2D eigenvalue weighted by Crippen LogP contribution is 2.23. The van der Waals surface area contributed by atoms with Gasteiger partial charge in [0.15, 0.2) is 0 Å². The number of aromatic nitrogens is 1. The molecule has 1 amide bonds. The van der Waals surface area contributed by atoms with Gasteiger partial charge in [-0.3, -0.25) is 4.79 Å². The van der Waals surface area contributed by atoms with Crippen molar-refractivity contribution in [3.63, 3.8) is 0 Å². The topological polar surface area (TPSA) is 71.2 Å². The molecule has 0 unspecified atom stereocenters. The number of hydrogen-bond acceptors (Lipinski definition) is 3. The van der Waals surface area contributed by atoms with Gasteiger partial charge in [0.1, 0.15) is 5.69 Å². The molecule has 0 radical (unpaired) electrons. The third-order valence-electron chi connectivity index (χ3n) is 2.60. The molecule has 0 bridgehead atoms. The summed E-state index contributed by atoms with van der Waals surface area (Å²) >= 11 is 0. The van der Waals surface area contributed by atoms with E-state index in [0.717, 1.165) is 11.1 Å². The van der Waals surface area contributed by atoms with Crippen molar-refractivity contribution < 1.29 is 14.3 Å². The molecule has 0 atom stereocenters. The maximum atomic E-state index is 11.4. The Bertz CT molecular complexity index is 617. The van der Waals surface area contributed by atoms with Crippen LogP contribution in [-0.2, 0) is 9.53 Å². The van der Waals surface area contributed by atoms with Gasteiger partial charge in [-0.1, -0.05) is 12.1 Å². The summed E-state index contributed by atoms with van der Waals surface area (Å²) in [6, 6.07) is 9.09. The van der Waals surface area contributed by atoms with E-state index >= 15 is 0 Å². The summed E-state index contributed by atoms with van der Waals surface area (Å²) in [7, 11) is 1.33. The highest BCUT2D eigenvalue weighted by molar-refractivity contribution is 5.91. The van der Waals surface area contributed by atoms with Crippen LogP contribution in [-0.4, -0.2) is 24.0 Å². The monoisotopic (exact) mass is 258 g/mol. The van der Waals surface area contributed by atoms with Gasteiger partial charge in [0.2, 0.25) is 5.91 Å². The summed E-state index contributed by atoms with van der Waals surface area (Å²) in [5.41, 5.74) is 2.86. The third-order valence-corrected chi connectivity index (χ3v) is 2.60. The second kappa shape index (κ2) is 5.39. The zero-order valence-electron chi connectivity index (χ0n) is 10.7. The van der Waals surface area contributed by atoms with Crippen molar-refractivity contribution in [2.75, 3.05) is 12.4 Å². The van der Waals surface area contributed by atoms with Crippen molar-refractivity contribution in [2.45, 2.75) is 6.92 Å². The lowest BCUT2D eigenvalue weighted by molar-refractivity contribution is -0.114. The van der Waals surface area contributed by atoms with Crippen LogP contribution in [0.15, 0.2) is 36.5 Å². The number of anilines is 1. The molecule has 1 heterocycles. The van der Waals surface area contributed by atoms with Crippen LogP contribution in [0.4, 0.5) is 5.69 Å². The van der Waals surface area contributed by atoms with Gasteiger partial charge in [-0.2, -0.15) is 0 Å². The molecule has 0 spiro atoms. The number of rotatable bonds is 3.